The summed E-state index contributed by atoms with van der Waals surface area (Å²) in [7, 11) is 0. The van der Waals surface area contributed by atoms with Crippen molar-refractivity contribution in [2.45, 2.75) is 36.7 Å². The summed E-state index contributed by atoms with van der Waals surface area (Å²) in [6.45, 7) is 0.750. The van der Waals surface area contributed by atoms with Gasteiger partial charge in [0.1, 0.15) is 0 Å². The number of nitrogens with one attached hydrogen (secondary N) is 1. The van der Waals surface area contributed by atoms with Gasteiger partial charge in [0, 0.05) is 22.8 Å². The lowest BCUT2D eigenvalue weighted by Gasteiger charge is -2.18. The normalized spacial score (nSPS) is 17.2. The van der Waals surface area contributed by atoms with Crippen molar-refractivity contribution < 1.29 is 13.2 Å². The number of hydrogen-bond acceptors (Lipinski definition) is 2. The molecule has 1 N–H and O–H groups in total. The molecule has 1 fully saturated rings. The molecule has 1 aromatic rings. The fourth-order valence-corrected chi connectivity index (χ4v) is 3.11. The van der Waals surface area contributed by atoms with E-state index >= 15 is 0 Å². The van der Waals surface area contributed by atoms with Crippen molar-refractivity contribution in [3.05, 3.63) is 34.3 Å². The van der Waals surface area contributed by atoms with E-state index in [1.54, 1.807) is 0 Å². The number of rotatable bonds is 7. The molecule has 1 nitrogen and oxygen atoms in total. The van der Waals surface area contributed by atoms with Gasteiger partial charge in [-0.05, 0) is 42.9 Å². The summed E-state index contributed by atoms with van der Waals surface area (Å²) < 4.78 is 37.7. The van der Waals surface area contributed by atoms with Crippen molar-refractivity contribution in [2.75, 3.05) is 12.3 Å². The second kappa shape index (κ2) is 7.18. The van der Waals surface area contributed by atoms with E-state index in [0.29, 0.717) is 12.5 Å². The van der Waals surface area contributed by atoms with Crippen LogP contribution in [0.15, 0.2) is 28.7 Å². The van der Waals surface area contributed by atoms with Crippen LogP contribution in [-0.2, 0) is 0 Å². The number of alkyl halides is 3. The van der Waals surface area contributed by atoms with Crippen LogP contribution in [0.4, 0.5) is 13.2 Å². The zero-order chi connectivity index (χ0) is 14.6. The Labute approximate surface area is 129 Å². The van der Waals surface area contributed by atoms with Crippen molar-refractivity contribution in [1.82, 2.24) is 5.32 Å². The number of thioether (sulfide) groups is 1. The molecule has 0 amide bonds. The Kier molecular flexibility index (Phi) is 5.81. The van der Waals surface area contributed by atoms with Gasteiger partial charge in [-0.1, -0.05) is 39.8 Å². The minimum atomic E-state index is -4.13. The fourth-order valence-electron chi connectivity index (χ4n) is 2.06. The van der Waals surface area contributed by atoms with Gasteiger partial charge in [-0.25, -0.2) is 0 Å². The van der Waals surface area contributed by atoms with Crippen LogP contribution in [0.3, 0.4) is 0 Å². The predicted molar refractivity (Wildman–Crippen MR) is 81.0 cm³/mol. The zero-order valence-electron chi connectivity index (χ0n) is 10.9. The van der Waals surface area contributed by atoms with E-state index in [2.05, 4.69) is 21.2 Å². The Balaban J connectivity index is 1.92. The van der Waals surface area contributed by atoms with Crippen LogP contribution in [0, 0.1) is 0 Å². The second-order valence-electron chi connectivity index (χ2n) is 5.02. The van der Waals surface area contributed by atoms with Crippen molar-refractivity contribution in [3.63, 3.8) is 0 Å². The van der Waals surface area contributed by atoms with Gasteiger partial charge in [0.2, 0.25) is 0 Å². The first kappa shape index (κ1) is 16.2. The first-order valence-corrected chi connectivity index (χ1v) is 8.41. The van der Waals surface area contributed by atoms with Crippen LogP contribution in [0.1, 0.15) is 30.7 Å². The average molecular weight is 368 g/mol. The third kappa shape index (κ3) is 6.06. The summed E-state index contributed by atoms with van der Waals surface area (Å²) in [6.07, 6.45) is 2.89. The summed E-state index contributed by atoms with van der Waals surface area (Å²) in [5.74, 6) is 0.232. The molecular formula is C14H17BrF3NS. The summed E-state index contributed by atoms with van der Waals surface area (Å²) in [5.41, 5.74) is -3.04. The Morgan fingerprint density at radius 3 is 2.70 bits per heavy atom. The molecular weight excluding hydrogens is 351 g/mol. The quantitative estimate of drug-likeness (QED) is 0.733. The lowest BCUT2D eigenvalue weighted by atomic mass is 9.96. The highest BCUT2D eigenvalue weighted by Gasteiger charge is 2.28. The maximum absolute atomic E-state index is 12.2. The van der Waals surface area contributed by atoms with Crippen molar-refractivity contribution in [1.29, 1.82) is 0 Å². The van der Waals surface area contributed by atoms with E-state index in [1.807, 2.05) is 24.3 Å². The van der Waals surface area contributed by atoms with Crippen molar-refractivity contribution in [3.8, 4) is 0 Å². The molecule has 1 aromatic carbocycles. The Bertz CT molecular complexity index is 435. The lowest BCUT2D eigenvalue weighted by molar-refractivity contribution is -0.0328. The molecule has 1 saturated carbocycles. The molecule has 0 heterocycles. The van der Waals surface area contributed by atoms with Gasteiger partial charge in [0.15, 0.2) is 0 Å². The summed E-state index contributed by atoms with van der Waals surface area (Å²) >= 11 is 3.49. The van der Waals surface area contributed by atoms with Crippen LogP contribution in [0.2, 0.25) is 0 Å². The number of hydrogen-bond donors (Lipinski definition) is 1. The van der Waals surface area contributed by atoms with Crippen LogP contribution >= 0.6 is 27.7 Å². The van der Waals surface area contributed by atoms with E-state index in [-0.39, 0.29) is 23.4 Å². The maximum atomic E-state index is 12.2. The first-order chi connectivity index (χ1) is 9.44. The maximum Gasteiger partial charge on any atom is 0.441 e. The Morgan fingerprint density at radius 1 is 1.35 bits per heavy atom. The van der Waals surface area contributed by atoms with Gasteiger partial charge in [-0.15, -0.1) is 0 Å². The second-order valence-corrected chi connectivity index (χ2v) is 7.09. The topological polar surface area (TPSA) is 12.0 Å². The zero-order valence-corrected chi connectivity index (χ0v) is 13.3. The third-order valence-corrected chi connectivity index (χ3v) is 4.54. The van der Waals surface area contributed by atoms with E-state index in [4.69, 9.17) is 0 Å². The molecule has 0 bridgehead atoms. The Hall–Kier alpha value is -0.200. The van der Waals surface area contributed by atoms with Gasteiger partial charge in [0.25, 0.3) is 0 Å². The summed E-state index contributed by atoms with van der Waals surface area (Å²) in [6, 6.07) is 8.42. The Morgan fingerprint density at radius 2 is 2.10 bits per heavy atom. The summed E-state index contributed by atoms with van der Waals surface area (Å²) in [5, 5.41) is 3.42. The van der Waals surface area contributed by atoms with E-state index in [0.717, 1.165) is 16.6 Å². The standard InChI is InChI=1S/C14H17BrF3NS/c15-12-3-1-2-10(8-12)11(9-19-13-4-5-13)6-7-20-14(16,17)18/h1-3,8,11,13,19H,4-7,9H2. The largest absolute Gasteiger partial charge is 0.441 e. The van der Waals surface area contributed by atoms with Crippen molar-refractivity contribution >= 4 is 27.7 Å². The molecule has 0 aliphatic heterocycles. The molecule has 0 saturated heterocycles. The average Bonchev–Trinajstić information content (AvgIpc) is 3.16. The predicted octanol–water partition coefficient (Wildman–Crippen LogP) is 4.93. The SMILES string of the molecule is FC(F)(F)SCCC(CNC1CC1)c1cccc(Br)c1. The fraction of sp³-hybridized carbons (Fsp3) is 0.571. The minimum absolute atomic E-state index is 0.0711. The highest BCUT2D eigenvalue weighted by molar-refractivity contribution is 9.10. The van der Waals surface area contributed by atoms with Crippen LogP contribution < -0.4 is 5.32 Å². The van der Waals surface area contributed by atoms with Crippen LogP contribution in [-0.4, -0.2) is 23.8 Å². The number of benzene rings is 1. The molecule has 1 aliphatic carbocycles. The van der Waals surface area contributed by atoms with E-state index in [1.165, 1.54) is 12.8 Å². The van der Waals surface area contributed by atoms with E-state index in [9.17, 15) is 13.2 Å². The highest BCUT2D eigenvalue weighted by atomic mass is 79.9. The van der Waals surface area contributed by atoms with Crippen LogP contribution in [0.25, 0.3) is 0 Å². The molecule has 1 aliphatic rings. The van der Waals surface area contributed by atoms with Gasteiger partial charge < -0.3 is 5.32 Å². The monoisotopic (exact) mass is 367 g/mol. The molecule has 1 unspecified atom stereocenters. The molecule has 112 valence electrons. The highest BCUT2D eigenvalue weighted by Crippen LogP contribution is 2.33. The van der Waals surface area contributed by atoms with Crippen LogP contribution in [0.5, 0.6) is 0 Å². The molecule has 2 rings (SSSR count). The molecule has 0 spiro atoms. The van der Waals surface area contributed by atoms with Gasteiger partial charge in [0.05, 0.1) is 0 Å². The molecule has 0 aromatic heterocycles. The van der Waals surface area contributed by atoms with Gasteiger partial charge in [-0.2, -0.15) is 13.2 Å². The number of halogens is 4. The van der Waals surface area contributed by atoms with E-state index < -0.39 is 5.51 Å². The first-order valence-electron chi connectivity index (χ1n) is 6.63. The van der Waals surface area contributed by atoms with Gasteiger partial charge >= 0.3 is 5.51 Å². The molecule has 6 heteroatoms. The van der Waals surface area contributed by atoms with Gasteiger partial charge in [-0.3, -0.25) is 0 Å². The minimum Gasteiger partial charge on any atom is -0.313 e. The molecule has 20 heavy (non-hydrogen) atoms. The summed E-state index contributed by atoms with van der Waals surface area (Å²) in [4.78, 5) is 0. The molecule has 1 atom stereocenters. The smallest absolute Gasteiger partial charge is 0.313 e. The third-order valence-electron chi connectivity index (χ3n) is 3.28. The lowest BCUT2D eigenvalue weighted by Crippen LogP contribution is -2.24. The molecule has 0 radical (unpaired) electrons. The van der Waals surface area contributed by atoms with Crippen molar-refractivity contribution in [2.24, 2.45) is 0 Å².